The van der Waals surface area contributed by atoms with Gasteiger partial charge in [0.2, 0.25) is 0 Å². The second-order valence-corrected chi connectivity index (χ2v) is 8.07. The fourth-order valence-corrected chi connectivity index (χ4v) is 4.11. The summed E-state index contributed by atoms with van der Waals surface area (Å²) in [6.07, 6.45) is 1.63. The van der Waals surface area contributed by atoms with Crippen LogP contribution in [0.25, 0.3) is 6.08 Å². The molecule has 0 radical (unpaired) electrons. The van der Waals surface area contributed by atoms with E-state index in [4.69, 9.17) is 51.8 Å². The second-order valence-electron chi connectivity index (χ2n) is 5.17. The van der Waals surface area contributed by atoms with Crippen molar-refractivity contribution in [3.63, 3.8) is 0 Å². The number of aromatic hydroxyl groups is 1. The summed E-state index contributed by atoms with van der Waals surface area (Å²) in [5, 5.41) is 10.7. The zero-order valence-corrected chi connectivity index (χ0v) is 17.0. The van der Waals surface area contributed by atoms with Crippen molar-refractivity contribution < 1.29 is 14.6 Å². The minimum absolute atomic E-state index is 0.121. The van der Waals surface area contributed by atoms with Gasteiger partial charge in [-0.25, -0.2) is 0 Å². The molecule has 0 bridgehead atoms. The summed E-state index contributed by atoms with van der Waals surface area (Å²) in [4.78, 5) is 14.6. The molecule has 0 aliphatic carbocycles. The van der Waals surface area contributed by atoms with Crippen LogP contribution in [-0.4, -0.2) is 22.4 Å². The molecule has 0 spiro atoms. The van der Waals surface area contributed by atoms with E-state index in [1.165, 1.54) is 18.1 Å². The number of carbonyl (C=O) groups excluding carboxylic acids is 1. The van der Waals surface area contributed by atoms with Gasteiger partial charge in [0.25, 0.3) is 5.91 Å². The summed E-state index contributed by atoms with van der Waals surface area (Å²) in [7, 11) is 1.42. The molecule has 0 aromatic heterocycles. The van der Waals surface area contributed by atoms with Gasteiger partial charge in [0.05, 0.1) is 32.8 Å². The minimum atomic E-state index is -0.290. The molecule has 1 aliphatic heterocycles. The molecule has 4 nitrogen and oxygen atoms in total. The van der Waals surface area contributed by atoms with Crippen LogP contribution >= 0.6 is 58.8 Å². The van der Waals surface area contributed by atoms with E-state index in [-0.39, 0.29) is 22.4 Å². The molecule has 0 unspecified atom stereocenters. The number of hydrogen-bond donors (Lipinski definition) is 1. The van der Waals surface area contributed by atoms with Gasteiger partial charge < -0.3 is 9.84 Å². The number of phenols is 1. The van der Waals surface area contributed by atoms with E-state index < -0.39 is 0 Å². The molecule has 26 heavy (non-hydrogen) atoms. The first kappa shape index (κ1) is 19.3. The molecule has 9 heteroatoms. The van der Waals surface area contributed by atoms with Crippen molar-refractivity contribution in [1.82, 2.24) is 0 Å². The Morgan fingerprint density at radius 3 is 2.54 bits per heavy atom. The molecule has 2 aromatic rings. The predicted molar refractivity (Wildman–Crippen MR) is 112 cm³/mol. The highest BCUT2D eigenvalue weighted by Crippen LogP contribution is 2.40. The SMILES string of the molecule is COc1cc(/C=C2/SC(=S)N(c3ccc(Cl)c(Cl)c3)C2=O)cc(Cl)c1O. The van der Waals surface area contributed by atoms with E-state index >= 15 is 0 Å². The largest absolute Gasteiger partial charge is 0.503 e. The van der Waals surface area contributed by atoms with Gasteiger partial charge in [-0.1, -0.05) is 58.8 Å². The second kappa shape index (κ2) is 7.66. The molecule has 0 saturated carbocycles. The first-order chi connectivity index (χ1) is 12.3. The smallest absolute Gasteiger partial charge is 0.270 e. The van der Waals surface area contributed by atoms with Crippen molar-refractivity contribution in [2.75, 3.05) is 12.0 Å². The summed E-state index contributed by atoms with van der Waals surface area (Å²) >= 11 is 24.4. The normalized spacial score (nSPS) is 15.8. The number of thioether (sulfide) groups is 1. The van der Waals surface area contributed by atoms with Crippen molar-refractivity contribution in [3.05, 3.63) is 55.9 Å². The maximum atomic E-state index is 12.8. The molecule has 2 aromatic carbocycles. The predicted octanol–water partition coefficient (Wildman–Crippen LogP) is 5.77. The van der Waals surface area contributed by atoms with E-state index in [1.54, 1.807) is 30.3 Å². The Morgan fingerprint density at radius 1 is 1.15 bits per heavy atom. The number of benzene rings is 2. The summed E-state index contributed by atoms with van der Waals surface area (Å²) in [6.45, 7) is 0. The van der Waals surface area contributed by atoms with E-state index in [9.17, 15) is 9.90 Å². The number of hydrogen-bond acceptors (Lipinski definition) is 5. The third kappa shape index (κ3) is 3.66. The first-order valence-corrected chi connectivity index (χ1v) is 9.47. The monoisotopic (exact) mass is 445 g/mol. The zero-order chi connectivity index (χ0) is 19.0. The highest BCUT2D eigenvalue weighted by molar-refractivity contribution is 8.27. The average Bonchev–Trinajstić information content (AvgIpc) is 2.87. The molecular weight excluding hydrogens is 437 g/mol. The molecular formula is C17H10Cl3NO3S2. The van der Waals surface area contributed by atoms with Crippen molar-refractivity contribution >= 4 is 80.8 Å². The fraction of sp³-hybridized carbons (Fsp3) is 0.0588. The molecule has 134 valence electrons. The van der Waals surface area contributed by atoms with Crippen LogP contribution in [-0.2, 0) is 4.79 Å². The van der Waals surface area contributed by atoms with Crippen LogP contribution in [0.1, 0.15) is 5.56 Å². The number of anilines is 1. The maximum absolute atomic E-state index is 12.8. The Balaban J connectivity index is 1.97. The molecule has 3 rings (SSSR count). The average molecular weight is 447 g/mol. The Bertz CT molecular complexity index is 963. The van der Waals surface area contributed by atoms with Crippen LogP contribution in [0, 0.1) is 0 Å². The van der Waals surface area contributed by atoms with E-state index in [0.717, 1.165) is 11.8 Å². The summed E-state index contributed by atoms with van der Waals surface area (Å²) in [5.74, 6) is -0.236. The van der Waals surface area contributed by atoms with Gasteiger partial charge in [-0.2, -0.15) is 0 Å². The number of rotatable bonds is 3. The third-order valence-corrected chi connectivity index (χ3v) is 5.85. The van der Waals surface area contributed by atoms with Crippen LogP contribution in [0.3, 0.4) is 0 Å². The van der Waals surface area contributed by atoms with Crippen LogP contribution in [0.5, 0.6) is 11.5 Å². The first-order valence-electron chi connectivity index (χ1n) is 7.11. The lowest BCUT2D eigenvalue weighted by atomic mass is 10.1. The number of amides is 1. The third-order valence-electron chi connectivity index (χ3n) is 3.52. The molecule has 1 aliphatic rings. The summed E-state index contributed by atoms with van der Waals surface area (Å²) in [6, 6.07) is 7.96. The zero-order valence-electron chi connectivity index (χ0n) is 13.1. The molecule has 1 fully saturated rings. The van der Waals surface area contributed by atoms with Crippen molar-refractivity contribution in [1.29, 1.82) is 0 Å². The Labute approximate surface area is 174 Å². The number of phenolic OH excluding ortho intramolecular Hbond substituents is 1. The van der Waals surface area contributed by atoms with Crippen molar-refractivity contribution in [2.45, 2.75) is 0 Å². The van der Waals surface area contributed by atoms with Crippen LogP contribution in [0.4, 0.5) is 5.69 Å². The van der Waals surface area contributed by atoms with Gasteiger partial charge in [-0.3, -0.25) is 9.69 Å². The van der Waals surface area contributed by atoms with Gasteiger partial charge in [0, 0.05) is 0 Å². The van der Waals surface area contributed by atoms with Crippen LogP contribution in [0.2, 0.25) is 15.1 Å². The molecule has 1 N–H and O–H groups in total. The van der Waals surface area contributed by atoms with Gasteiger partial charge in [0.1, 0.15) is 0 Å². The van der Waals surface area contributed by atoms with Gasteiger partial charge in [-0.05, 0) is 42.0 Å². The number of ether oxygens (including phenoxy) is 1. The Morgan fingerprint density at radius 2 is 1.88 bits per heavy atom. The maximum Gasteiger partial charge on any atom is 0.270 e. The number of thiocarbonyl (C=S) groups is 1. The van der Waals surface area contributed by atoms with E-state index in [0.29, 0.717) is 30.5 Å². The molecule has 0 atom stereocenters. The van der Waals surface area contributed by atoms with Gasteiger partial charge in [0.15, 0.2) is 15.8 Å². The number of nitrogens with zero attached hydrogens (tertiary/aromatic N) is 1. The molecule has 1 amide bonds. The summed E-state index contributed by atoms with van der Waals surface area (Å²) in [5.41, 5.74) is 1.13. The van der Waals surface area contributed by atoms with Crippen LogP contribution < -0.4 is 9.64 Å². The number of methoxy groups -OCH3 is 1. The quantitative estimate of drug-likeness (QED) is 0.479. The standard InChI is InChI=1S/C17H10Cl3NO3S2/c1-24-13-5-8(4-12(20)15(13)22)6-14-16(23)21(17(25)26-14)9-2-3-10(18)11(19)7-9/h2-7,22H,1H3/b14-6+. The summed E-state index contributed by atoms with van der Waals surface area (Å²) < 4.78 is 5.45. The van der Waals surface area contributed by atoms with Gasteiger partial charge >= 0.3 is 0 Å². The van der Waals surface area contributed by atoms with Crippen molar-refractivity contribution in [3.8, 4) is 11.5 Å². The molecule has 1 heterocycles. The Kier molecular flexibility index (Phi) is 5.69. The van der Waals surface area contributed by atoms with Gasteiger partial charge in [-0.15, -0.1) is 0 Å². The number of halogens is 3. The Hall–Kier alpha value is -1.44. The lowest BCUT2D eigenvalue weighted by molar-refractivity contribution is -0.113. The lowest BCUT2D eigenvalue weighted by Crippen LogP contribution is -2.27. The minimum Gasteiger partial charge on any atom is -0.503 e. The molecule has 1 saturated heterocycles. The fourth-order valence-electron chi connectivity index (χ4n) is 2.30. The highest BCUT2D eigenvalue weighted by Gasteiger charge is 2.33. The van der Waals surface area contributed by atoms with Crippen LogP contribution in [0.15, 0.2) is 35.2 Å². The lowest BCUT2D eigenvalue weighted by Gasteiger charge is -2.15. The highest BCUT2D eigenvalue weighted by atomic mass is 35.5. The topological polar surface area (TPSA) is 49.8 Å². The number of carbonyl (C=O) groups is 1. The van der Waals surface area contributed by atoms with E-state index in [1.807, 2.05) is 0 Å². The van der Waals surface area contributed by atoms with Crippen molar-refractivity contribution in [2.24, 2.45) is 0 Å². The van der Waals surface area contributed by atoms with E-state index in [2.05, 4.69) is 0 Å².